The molecule has 6 nitrogen and oxygen atoms in total. The Labute approximate surface area is 170 Å². The van der Waals surface area contributed by atoms with Crippen molar-refractivity contribution in [1.29, 1.82) is 0 Å². The van der Waals surface area contributed by atoms with Crippen molar-refractivity contribution in [3.63, 3.8) is 0 Å². The molecule has 0 atom stereocenters. The molecule has 0 aliphatic carbocycles. The number of amides is 2. The lowest BCUT2D eigenvalue weighted by atomic mass is 9.96. The molecule has 0 aromatic carbocycles. The summed E-state index contributed by atoms with van der Waals surface area (Å²) in [5.41, 5.74) is 1.55. The topological polar surface area (TPSA) is 75.2 Å². The minimum atomic E-state index is -0.140. The molecule has 2 aromatic heterocycles. The van der Waals surface area contributed by atoms with Crippen LogP contribution in [0.15, 0.2) is 24.4 Å². The highest BCUT2D eigenvalue weighted by molar-refractivity contribution is 7.11. The molecule has 1 fully saturated rings. The quantitative estimate of drug-likeness (QED) is 0.808. The van der Waals surface area contributed by atoms with Crippen LogP contribution in [0.3, 0.4) is 0 Å². The van der Waals surface area contributed by atoms with E-state index < -0.39 is 0 Å². The van der Waals surface area contributed by atoms with Crippen LogP contribution in [0.5, 0.6) is 0 Å². The van der Waals surface area contributed by atoms with Gasteiger partial charge in [-0.05, 0) is 43.7 Å². The van der Waals surface area contributed by atoms with E-state index in [1.54, 1.807) is 35.7 Å². The van der Waals surface area contributed by atoms with E-state index in [1.807, 2.05) is 4.90 Å². The summed E-state index contributed by atoms with van der Waals surface area (Å²) in [6.45, 7) is 8.44. The molecule has 0 spiro atoms. The average molecular weight is 401 g/mol. The molecule has 3 heterocycles. The maximum Gasteiger partial charge on any atom is 0.269 e. The molecule has 1 saturated heterocycles. The molecule has 28 heavy (non-hydrogen) atoms. The van der Waals surface area contributed by atoms with Gasteiger partial charge in [0.2, 0.25) is 5.91 Å². The van der Waals surface area contributed by atoms with Gasteiger partial charge in [-0.15, -0.1) is 11.3 Å². The van der Waals surface area contributed by atoms with Gasteiger partial charge in [0.25, 0.3) is 5.91 Å². The first-order valence-electron chi connectivity index (χ1n) is 9.87. The average Bonchev–Trinajstić information content (AvgIpc) is 3.07. The highest BCUT2D eigenvalue weighted by Crippen LogP contribution is 2.25. The van der Waals surface area contributed by atoms with Crippen molar-refractivity contribution in [2.24, 2.45) is 5.92 Å². The first-order chi connectivity index (χ1) is 13.4. The van der Waals surface area contributed by atoms with Gasteiger partial charge >= 0.3 is 0 Å². The number of thiazole rings is 1. The summed E-state index contributed by atoms with van der Waals surface area (Å²) in [6, 6.07) is 5.31. The minimum absolute atomic E-state index is 0.140. The van der Waals surface area contributed by atoms with Gasteiger partial charge in [-0.2, -0.15) is 0 Å². The molecule has 1 aliphatic rings. The second-order valence-electron chi connectivity index (χ2n) is 7.63. The fourth-order valence-electron chi connectivity index (χ4n) is 3.53. The van der Waals surface area contributed by atoms with Crippen molar-refractivity contribution in [1.82, 2.24) is 20.2 Å². The lowest BCUT2D eigenvalue weighted by Crippen LogP contribution is -2.42. The number of nitrogens with zero attached hydrogens (tertiary/aromatic N) is 3. The zero-order chi connectivity index (χ0) is 20.1. The molecule has 150 valence electrons. The van der Waals surface area contributed by atoms with Crippen molar-refractivity contribution in [2.45, 2.75) is 46.0 Å². The third kappa shape index (κ3) is 5.16. The van der Waals surface area contributed by atoms with Crippen LogP contribution in [0.25, 0.3) is 0 Å². The van der Waals surface area contributed by atoms with Crippen LogP contribution in [-0.2, 0) is 11.2 Å². The maximum atomic E-state index is 12.6. The minimum Gasteiger partial charge on any atom is -0.350 e. The zero-order valence-corrected chi connectivity index (χ0v) is 17.6. The molecular weight excluding hydrogens is 372 g/mol. The molecule has 3 rings (SSSR count). The molecule has 7 heteroatoms. The number of rotatable bonds is 6. The van der Waals surface area contributed by atoms with Crippen LogP contribution in [0, 0.1) is 12.8 Å². The van der Waals surface area contributed by atoms with Crippen molar-refractivity contribution < 1.29 is 9.59 Å². The van der Waals surface area contributed by atoms with E-state index in [4.69, 9.17) is 0 Å². The van der Waals surface area contributed by atoms with Gasteiger partial charge in [0.1, 0.15) is 10.7 Å². The van der Waals surface area contributed by atoms with Crippen LogP contribution in [-0.4, -0.2) is 46.3 Å². The predicted molar refractivity (Wildman–Crippen MR) is 111 cm³/mol. The molecule has 1 aliphatic heterocycles. The van der Waals surface area contributed by atoms with Gasteiger partial charge in [-0.3, -0.25) is 14.6 Å². The van der Waals surface area contributed by atoms with Gasteiger partial charge in [-0.25, -0.2) is 4.98 Å². The number of aromatic nitrogens is 2. The monoisotopic (exact) mass is 400 g/mol. The van der Waals surface area contributed by atoms with E-state index in [0.717, 1.165) is 36.6 Å². The SMILES string of the molecule is Cc1sc(CC(=O)N2CCC(CNC(=O)c3ccccn3)CC2)nc1C(C)C. The summed E-state index contributed by atoms with van der Waals surface area (Å²) in [5, 5.41) is 3.87. The first-order valence-corrected chi connectivity index (χ1v) is 10.7. The Morgan fingerprint density at radius 3 is 2.64 bits per heavy atom. The fraction of sp³-hybridized carbons (Fsp3) is 0.524. The highest BCUT2D eigenvalue weighted by Gasteiger charge is 2.24. The molecule has 0 bridgehead atoms. The van der Waals surface area contributed by atoms with E-state index in [2.05, 4.69) is 36.1 Å². The van der Waals surface area contributed by atoms with Crippen molar-refractivity contribution in [2.75, 3.05) is 19.6 Å². The second-order valence-corrected chi connectivity index (χ2v) is 8.92. The summed E-state index contributed by atoms with van der Waals surface area (Å²) < 4.78 is 0. The van der Waals surface area contributed by atoms with Gasteiger partial charge < -0.3 is 10.2 Å². The van der Waals surface area contributed by atoms with Crippen molar-refractivity contribution in [3.8, 4) is 0 Å². The lowest BCUT2D eigenvalue weighted by molar-refractivity contribution is -0.131. The number of carbonyl (C=O) groups is 2. The third-order valence-corrected chi connectivity index (χ3v) is 6.13. The Kier molecular flexibility index (Phi) is 6.78. The van der Waals surface area contributed by atoms with Crippen LogP contribution >= 0.6 is 11.3 Å². The fourth-order valence-corrected chi connectivity index (χ4v) is 4.61. The molecule has 0 unspecified atom stereocenters. The molecule has 2 aromatic rings. The van der Waals surface area contributed by atoms with E-state index >= 15 is 0 Å². The Bertz CT molecular complexity index is 811. The summed E-state index contributed by atoms with van der Waals surface area (Å²) in [7, 11) is 0. The first kappa shape index (κ1) is 20.5. The van der Waals surface area contributed by atoms with Crippen LogP contribution in [0.2, 0.25) is 0 Å². The zero-order valence-electron chi connectivity index (χ0n) is 16.8. The van der Waals surface area contributed by atoms with Crippen molar-refractivity contribution in [3.05, 3.63) is 45.7 Å². The van der Waals surface area contributed by atoms with Gasteiger partial charge in [0.05, 0.1) is 12.1 Å². The van der Waals surface area contributed by atoms with E-state index in [0.29, 0.717) is 30.5 Å². The Hall–Kier alpha value is -2.28. The molecule has 0 radical (unpaired) electrons. The van der Waals surface area contributed by atoms with Crippen LogP contribution < -0.4 is 5.32 Å². The van der Waals surface area contributed by atoms with Crippen LogP contribution in [0.4, 0.5) is 0 Å². The van der Waals surface area contributed by atoms with Gasteiger partial charge in [-0.1, -0.05) is 19.9 Å². The highest BCUT2D eigenvalue weighted by atomic mass is 32.1. The molecule has 2 amide bonds. The number of piperidine rings is 1. The molecule has 0 saturated carbocycles. The third-order valence-electron chi connectivity index (χ3n) is 5.14. The number of hydrogen-bond donors (Lipinski definition) is 1. The van der Waals surface area contributed by atoms with E-state index in [9.17, 15) is 9.59 Å². The summed E-state index contributed by atoms with van der Waals surface area (Å²) >= 11 is 1.63. The van der Waals surface area contributed by atoms with Crippen molar-refractivity contribution >= 4 is 23.2 Å². The Balaban J connectivity index is 1.44. The van der Waals surface area contributed by atoms with Crippen LogP contribution in [0.1, 0.15) is 58.7 Å². The molecular formula is C21H28N4O2S. The number of aryl methyl sites for hydroxylation is 1. The number of pyridine rings is 1. The normalized spacial score (nSPS) is 15.1. The predicted octanol–water partition coefficient (Wildman–Crippen LogP) is 3.18. The van der Waals surface area contributed by atoms with E-state index in [-0.39, 0.29) is 11.8 Å². The van der Waals surface area contributed by atoms with Gasteiger partial charge in [0.15, 0.2) is 0 Å². The maximum absolute atomic E-state index is 12.6. The standard InChI is InChI=1S/C21H28N4O2S/c1-14(2)20-15(3)28-18(24-20)12-19(26)25-10-7-16(8-11-25)13-23-21(27)17-6-4-5-9-22-17/h4-6,9,14,16H,7-8,10-13H2,1-3H3,(H,23,27). The number of hydrogen-bond acceptors (Lipinski definition) is 5. The largest absolute Gasteiger partial charge is 0.350 e. The van der Waals surface area contributed by atoms with Gasteiger partial charge in [0, 0.05) is 30.7 Å². The summed E-state index contributed by atoms with van der Waals surface area (Å²) in [6.07, 6.45) is 3.82. The number of likely N-dealkylation sites (tertiary alicyclic amines) is 1. The number of carbonyl (C=O) groups excluding carboxylic acids is 2. The summed E-state index contributed by atoms with van der Waals surface area (Å²) in [4.78, 5) is 36.6. The summed E-state index contributed by atoms with van der Waals surface area (Å²) in [5.74, 6) is 0.794. The Morgan fingerprint density at radius 2 is 2.04 bits per heavy atom. The second kappa shape index (κ2) is 9.28. The number of nitrogens with one attached hydrogen (secondary N) is 1. The molecule has 1 N–H and O–H groups in total. The lowest BCUT2D eigenvalue weighted by Gasteiger charge is -2.32. The van der Waals surface area contributed by atoms with E-state index in [1.165, 1.54) is 4.88 Å². The Morgan fingerprint density at radius 1 is 1.29 bits per heavy atom. The smallest absolute Gasteiger partial charge is 0.269 e.